The fourth-order valence-electron chi connectivity index (χ4n) is 4.38. The highest BCUT2D eigenvalue weighted by Gasteiger charge is 2.25. The van der Waals surface area contributed by atoms with Crippen molar-refractivity contribution in [2.45, 2.75) is 58.9 Å². The number of nitrogen functional groups attached to an aromatic ring is 2. The van der Waals surface area contributed by atoms with Crippen LogP contribution in [0.1, 0.15) is 63.4 Å². The van der Waals surface area contributed by atoms with Crippen molar-refractivity contribution in [1.29, 1.82) is 0 Å². The molecule has 0 atom stereocenters. The largest absolute Gasteiger partial charge is 0.449 e. The molecule has 37 heavy (non-hydrogen) atoms. The summed E-state index contributed by atoms with van der Waals surface area (Å²) in [4.78, 5) is 37.7. The van der Waals surface area contributed by atoms with Gasteiger partial charge in [0.05, 0.1) is 16.1 Å². The number of fused-ring (bicyclic) bond motifs is 1. The van der Waals surface area contributed by atoms with E-state index in [9.17, 15) is 9.59 Å². The average molecular weight is 530 g/mol. The molecule has 5 N–H and O–H groups in total. The number of nitrogens with zero attached hydrogens (tertiary/aromatic N) is 2. The summed E-state index contributed by atoms with van der Waals surface area (Å²) in [6, 6.07) is 8.83. The molecule has 3 aromatic rings. The Balaban J connectivity index is 0.000000263. The molecule has 0 unspecified atom stereocenters. The number of nitrogens with one attached hydrogen (secondary N) is 1. The van der Waals surface area contributed by atoms with Crippen LogP contribution in [0.3, 0.4) is 0 Å². The average Bonchev–Trinajstić information content (AvgIpc) is 3.24. The number of halogens is 1. The Morgan fingerprint density at radius 2 is 1.84 bits per heavy atom. The zero-order chi connectivity index (χ0) is 27.5. The summed E-state index contributed by atoms with van der Waals surface area (Å²) in [5.74, 6) is 0.961. The lowest BCUT2D eigenvalue weighted by Gasteiger charge is -2.35. The second-order valence-corrected chi connectivity index (χ2v) is 9.44. The summed E-state index contributed by atoms with van der Waals surface area (Å²) in [5, 5.41) is 3.59. The summed E-state index contributed by atoms with van der Waals surface area (Å²) in [5.41, 5.74) is 12.9. The molecule has 0 bridgehead atoms. The summed E-state index contributed by atoms with van der Waals surface area (Å²) < 4.78 is 5.47. The van der Waals surface area contributed by atoms with Gasteiger partial charge in [-0.3, -0.25) is 9.59 Å². The Bertz CT molecular complexity index is 1170. The lowest BCUT2D eigenvalue weighted by molar-refractivity contribution is -0.132. The van der Waals surface area contributed by atoms with Crippen molar-refractivity contribution < 1.29 is 18.8 Å². The molecule has 10 heteroatoms. The summed E-state index contributed by atoms with van der Waals surface area (Å²) in [6.45, 7) is 9.09. The van der Waals surface area contributed by atoms with Gasteiger partial charge in [0.25, 0.3) is 5.91 Å². The van der Waals surface area contributed by atoms with Gasteiger partial charge in [-0.05, 0) is 62.3 Å². The molecule has 1 aliphatic carbocycles. The number of anilines is 3. The third kappa shape index (κ3) is 7.95. The van der Waals surface area contributed by atoms with Crippen LogP contribution in [0.25, 0.3) is 11.0 Å². The maximum absolute atomic E-state index is 12.2. The molecule has 0 aliphatic heterocycles. The van der Waals surface area contributed by atoms with Crippen molar-refractivity contribution in [3.05, 3.63) is 47.3 Å². The molecule has 2 heterocycles. The van der Waals surface area contributed by atoms with Gasteiger partial charge < -0.3 is 30.9 Å². The first-order valence-electron chi connectivity index (χ1n) is 12.3. The van der Waals surface area contributed by atoms with Crippen LogP contribution in [-0.4, -0.2) is 41.1 Å². The van der Waals surface area contributed by atoms with Crippen molar-refractivity contribution in [3.63, 3.8) is 0 Å². The van der Waals surface area contributed by atoms with Crippen molar-refractivity contribution in [3.8, 4) is 0 Å². The van der Waals surface area contributed by atoms with Gasteiger partial charge in [0.15, 0.2) is 0 Å². The van der Waals surface area contributed by atoms with E-state index in [2.05, 4.69) is 29.0 Å². The standard InChI is InChI=1S/C14H11ClN4O2.C12H23NO.CH2O/c15-7-4-5-10(18-6-7)19-14(20)13-12(17)11-8(16)2-1-3-9(11)21-13;1-4-9-13(11(3)14)12-7-5-10(2)6-8-12;1-2/h1-6H,16-17H2,(H,18,19,20);10,12H,4-9H2,1-3H3;1H2. The first-order chi connectivity index (χ1) is 17.7. The van der Waals surface area contributed by atoms with Gasteiger partial charge in [-0.15, -0.1) is 0 Å². The molecule has 0 saturated heterocycles. The summed E-state index contributed by atoms with van der Waals surface area (Å²) >= 11 is 5.73. The molecule has 1 fully saturated rings. The van der Waals surface area contributed by atoms with Gasteiger partial charge in [0.1, 0.15) is 18.2 Å². The van der Waals surface area contributed by atoms with E-state index < -0.39 is 5.91 Å². The number of hydrogen-bond acceptors (Lipinski definition) is 7. The van der Waals surface area contributed by atoms with Crippen LogP contribution in [0.5, 0.6) is 0 Å². The monoisotopic (exact) mass is 529 g/mol. The number of benzene rings is 1. The van der Waals surface area contributed by atoms with E-state index in [1.165, 1.54) is 31.9 Å². The Morgan fingerprint density at radius 1 is 1.16 bits per heavy atom. The normalized spacial score (nSPS) is 16.5. The molecule has 1 aliphatic rings. The van der Waals surface area contributed by atoms with E-state index in [1.54, 1.807) is 37.3 Å². The second-order valence-electron chi connectivity index (χ2n) is 9.01. The molecular weight excluding hydrogens is 494 g/mol. The number of amides is 2. The zero-order valence-electron chi connectivity index (χ0n) is 21.6. The molecular formula is C27H36ClN5O4. The van der Waals surface area contributed by atoms with Gasteiger partial charge in [0.2, 0.25) is 11.7 Å². The zero-order valence-corrected chi connectivity index (χ0v) is 22.4. The number of nitrogens with two attached hydrogens (primary N) is 2. The number of aromatic nitrogens is 1. The highest BCUT2D eigenvalue weighted by atomic mass is 35.5. The third-order valence-electron chi connectivity index (χ3n) is 6.25. The quantitative estimate of drug-likeness (QED) is 0.368. The molecule has 0 spiro atoms. The van der Waals surface area contributed by atoms with Gasteiger partial charge in [0, 0.05) is 31.4 Å². The third-order valence-corrected chi connectivity index (χ3v) is 6.48. The van der Waals surface area contributed by atoms with Crippen molar-refractivity contribution in [1.82, 2.24) is 9.88 Å². The molecule has 200 valence electrons. The molecule has 1 saturated carbocycles. The molecule has 9 nitrogen and oxygen atoms in total. The van der Waals surface area contributed by atoms with E-state index in [4.69, 9.17) is 32.3 Å². The van der Waals surface area contributed by atoms with Crippen LogP contribution >= 0.6 is 11.6 Å². The van der Waals surface area contributed by atoms with E-state index in [0.717, 1.165) is 18.9 Å². The SMILES string of the molecule is C=O.CCCN(C(C)=O)C1CCC(C)CC1.Nc1cccc2oc(C(=O)Nc3ccc(Cl)cn3)c(N)c12. The minimum absolute atomic E-state index is 0.000324. The number of carbonyl (C=O) groups is 3. The highest BCUT2D eigenvalue weighted by Crippen LogP contribution is 2.33. The number of pyridine rings is 1. The van der Waals surface area contributed by atoms with Crippen molar-refractivity contribution in [2.24, 2.45) is 5.92 Å². The maximum Gasteiger partial charge on any atom is 0.294 e. The Kier molecular flexibility index (Phi) is 11.4. The number of carbonyl (C=O) groups excluding carboxylic acids is 3. The Morgan fingerprint density at radius 3 is 2.38 bits per heavy atom. The van der Waals surface area contributed by atoms with Crippen molar-refractivity contribution in [2.75, 3.05) is 23.3 Å². The maximum atomic E-state index is 12.2. The van der Waals surface area contributed by atoms with E-state index in [0.29, 0.717) is 33.5 Å². The fourth-order valence-corrected chi connectivity index (χ4v) is 4.50. The van der Waals surface area contributed by atoms with E-state index >= 15 is 0 Å². The van der Waals surface area contributed by atoms with Crippen LogP contribution in [0, 0.1) is 5.92 Å². The van der Waals surface area contributed by atoms with Crippen LogP contribution in [0.2, 0.25) is 5.02 Å². The van der Waals surface area contributed by atoms with Gasteiger partial charge in [-0.25, -0.2) is 4.98 Å². The lowest BCUT2D eigenvalue weighted by Crippen LogP contribution is -2.41. The predicted octanol–water partition coefficient (Wildman–Crippen LogP) is 5.54. The second kappa shape index (κ2) is 14.2. The molecule has 1 aromatic carbocycles. The Hall–Kier alpha value is -3.59. The molecule has 0 radical (unpaired) electrons. The van der Waals surface area contributed by atoms with Crippen molar-refractivity contribution >= 4 is 58.4 Å². The molecule has 2 aromatic heterocycles. The molecule has 4 rings (SSSR count). The number of furan rings is 1. The van der Waals surface area contributed by atoms with E-state index in [-0.39, 0.29) is 17.4 Å². The van der Waals surface area contributed by atoms with Crippen LogP contribution in [0.15, 0.2) is 40.9 Å². The van der Waals surface area contributed by atoms with E-state index in [1.807, 2.05) is 6.79 Å². The number of hydrogen-bond donors (Lipinski definition) is 3. The first kappa shape index (κ1) is 29.6. The predicted molar refractivity (Wildman–Crippen MR) is 148 cm³/mol. The van der Waals surface area contributed by atoms with Gasteiger partial charge >= 0.3 is 0 Å². The molecule has 2 amide bonds. The summed E-state index contributed by atoms with van der Waals surface area (Å²) in [6.07, 6.45) is 7.50. The summed E-state index contributed by atoms with van der Waals surface area (Å²) in [7, 11) is 0. The highest BCUT2D eigenvalue weighted by molar-refractivity contribution is 6.30. The fraction of sp³-hybridized carbons (Fsp3) is 0.407. The minimum atomic E-state index is -0.502. The lowest BCUT2D eigenvalue weighted by atomic mass is 9.86. The Labute approximate surface area is 222 Å². The van der Waals surface area contributed by atoms with Gasteiger partial charge in [-0.1, -0.05) is 31.5 Å². The number of rotatable bonds is 5. The van der Waals surface area contributed by atoms with Crippen LogP contribution < -0.4 is 16.8 Å². The smallest absolute Gasteiger partial charge is 0.294 e. The minimum Gasteiger partial charge on any atom is -0.449 e. The van der Waals surface area contributed by atoms with Gasteiger partial charge in [-0.2, -0.15) is 0 Å². The van der Waals surface area contributed by atoms with Crippen LogP contribution in [-0.2, 0) is 9.59 Å². The van der Waals surface area contributed by atoms with Crippen LogP contribution in [0.4, 0.5) is 17.2 Å². The first-order valence-corrected chi connectivity index (χ1v) is 12.6. The topological polar surface area (TPSA) is 145 Å².